The molecule has 2 heterocycles. The highest BCUT2D eigenvalue weighted by molar-refractivity contribution is 7.21. The molecule has 0 aliphatic carbocycles. The van der Waals surface area contributed by atoms with Crippen molar-refractivity contribution in [2.24, 2.45) is 0 Å². The number of thiophene rings is 1. The number of nitrogens with one attached hydrogen (secondary N) is 1. The van der Waals surface area contributed by atoms with Gasteiger partial charge in [0.15, 0.2) is 0 Å². The number of carboxylic acids is 1. The first-order valence-corrected chi connectivity index (χ1v) is 5.61. The number of amides is 1. The third-order valence-electron chi connectivity index (χ3n) is 2.14. The normalized spacial score (nSPS) is 11.5. The fraction of sp³-hybridized carbons (Fsp3) is 0.100. The summed E-state index contributed by atoms with van der Waals surface area (Å²) in [5.74, 6) is -3.67. The van der Waals surface area contributed by atoms with Crippen molar-refractivity contribution in [1.82, 2.24) is 4.98 Å². The molecule has 5 nitrogen and oxygen atoms in total. The van der Waals surface area contributed by atoms with Crippen molar-refractivity contribution in [3.63, 3.8) is 0 Å². The number of aromatic nitrogens is 1. The van der Waals surface area contributed by atoms with Crippen LogP contribution in [-0.4, -0.2) is 28.1 Å². The first kappa shape index (κ1) is 13.3. The number of rotatable bonds is 2. The Morgan fingerprint density at radius 1 is 1.37 bits per heavy atom. The van der Waals surface area contributed by atoms with E-state index in [1.54, 1.807) is 5.32 Å². The quantitative estimate of drug-likeness (QED) is 0.890. The number of aromatic carboxylic acids is 1. The fourth-order valence-corrected chi connectivity index (χ4v) is 2.34. The summed E-state index contributed by atoms with van der Waals surface area (Å²) in [5.41, 5.74) is -0.419. The van der Waals surface area contributed by atoms with Crippen LogP contribution < -0.4 is 5.32 Å². The second-order valence-corrected chi connectivity index (χ2v) is 4.47. The summed E-state index contributed by atoms with van der Waals surface area (Å²) in [6.45, 7) is 0. The van der Waals surface area contributed by atoms with Crippen molar-refractivity contribution < 1.29 is 27.9 Å². The largest absolute Gasteiger partial charge is 0.477 e. The van der Waals surface area contributed by atoms with E-state index in [9.17, 15) is 22.8 Å². The summed E-state index contributed by atoms with van der Waals surface area (Å²) in [6.07, 6.45) is -3.80. The first-order chi connectivity index (χ1) is 8.80. The number of carbonyl (C=O) groups is 2. The Hall–Kier alpha value is -2.16. The Balaban J connectivity index is 2.54. The van der Waals surface area contributed by atoms with Gasteiger partial charge < -0.3 is 10.4 Å². The van der Waals surface area contributed by atoms with Gasteiger partial charge in [-0.2, -0.15) is 13.2 Å². The zero-order chi connectivity index (χ0) is 14.2. The lowest BCUT2D eigenvalue weighted by Gasteiger charge is -2.07. The Kier molecular flexibility index (Phi) is 3.14. The molecular weight excluding hydrogens is 285 g/mol. The molecule has 0 bridgehead atoms. The molecule has 19 heavy (non-hydrogen) atoms. The average molecular weight is 290 g/mol. The van der Waals surface area contributed by atoms with Crippen LogP contribution in [0.25, 0.3) is 10.2 Å². The Morgan fingerprint density at radius 2 is 2.05 bits per heavy atom. The highest BCUT2D eigenvalue weighted by Crippen LogP contribution is 2.35. The van der Waals surface area contributed by atoms with Gasteiger partial charge in [-0.25, -0.2) is 4.79 Å². The van der Waals surface area contributed by atoms with Gasteiger partial charge in [-0.15, -0.1) is 11.3 Å². The second-order valence-electron chi connectivity index (χ2n) is 3.41. The number of hydrogen-bond acceptors (Lipinski definition) is 4. The monoisotopic (exact) mass is 290 g/mol. The van der Waals surface area contributed by atoms with Crippen LogP contribution in [-0.2, 0) is 4.79 Å². The van der Waals surface area contributed by atoms with E-state index in [1.165, 1.54) is 18.3 Å². The van der Waals surface area contributed by atoms with Gasteiger partial charge in [0.2, 0.25) is 0 Å². The lowest BCUT2D eigenvalue weighted by molar-refractivity contribution is -0.167. The standard InChI is InChI=1S/C10H5F3N2O3S/c11-10(12,13)9(18)15-6-5-4(2-1-3-14-5)19-7(6)8(16)17/h1-3H,(H,15,18)(H,16,17). The van der Waals surface area contributed by atoms with Gasteiger partial charge in [0.25, 0.3) is 0 Å². The van der Waals surface area contributed by atoms with E-state index < -0.39 is 28.6 Å². The number of hydrogen-bond donors (Lipinski definition) is 2. The van der Waals surface area contributed by atoms with Crippen molar-refractivity contribution in [2.75, 3.05) is 5.32 Å². The predicted molar refractivity (Wildman–Crippen MR) is 61.3 cm³/mol. The van der Waals surface area contributed by atoms with Crippen molar-refractivity contribution in [3.8, 4) is 0 Å². The van der Waals surface area contributed by atoms with Crippen molar-refractivity contribution in [3.05, 3.63) is 23.2 Å². The van der Waals surface area contributed by atoms with E-state index in [0.29, 0.717) is 4.70 Å². The van der Waals surface area contributed by atoms with E-state index in [-0.39, 0.29) is 5.52 Å². The van der Waals surface area contributed by atoms with Gasteiger partial charge in [-0.1, -0.05) is 0 Å². The molecule has 2 rings (SSSR count). The smallest absolute Gasteiger partial charge is 0.471 e. The fourth-order valence-electron chi connectivity index (χ4n) is 1.38. The van der Waals surface area contributed by atoms with Gasteiger partial charge in [-0.05, 0) is 12.1 Å². The number of anilines is 1. The number of carboxylic acid groups (broad SMARTS) is 1. The lowest BCUT2D eigenvalue weighted by atomic mass is 10.3. The van der Waals surface area contributed by atoms with Crippen molar-refractivity contribution >= 4 is 39.1 Å². The summed E-state index contributed by atoms with van der Waals surface area (Å²) in [5, 5.41) is 10.5. The zero-order valence-electron chi connectivity index (χ0n) is 8.99. The summed E-state index contributed by atoms with van der Waals surface area (Å²) >= 11 is 0.741. The van der Waals surface area contributed by atoms with Gasteiger partial charge in [0.1, 0.15) is 10.4 Å². The number of carbonyl (C=O) groups excluding carboxylic acids is 1. The zero-order valence-corrected chi connectivity index (χ0v) is 9.80. The molecule has 0 saturated heterocycles. The van der Waals surface area contributed by atoms with Crippen LogP contribution in [0.5, 0.6) is 0 Å². The topological polar surface area (TPSA) is 79.3 Å². The highest BCUT2D eigenvalue weighted by Gasteiger charge is 2.40. The maximum absolute atomic E-state index is 12.2. The minimum atomic E-state index is -5.10. The first-order valence-electron chi connectivity index (χ1n) is 4.79. The van der Waals surface area contributed by atoms with Crippen LogP contribution >= 0.6 is 11.3 Å². The molecule has 0 saturated carbocycles. The molecule has 0 radical (unpaired) electrons. The van der Waals surface area contributed by atoms with Gasteiger partial charge in [0, 0.05) is 6.20 Å². The van der Waals surface area contributed by atoms with Crippen LogP contribution in [0.2, 0.25) is 0 Å². The molecule has 2 aromatic heterocycles. The minimum Gasteiger partial charge on any atom is -0.477 e. The third kappa shape index (κ3) is 2.50. The highest BCUT2D eigenvalue weighted by atomic mass is 32.1. The Labute approximate surface area is 107 Å². The minimum absolute atomic E-state index is 0.0162. The van der Waals surface area contributed by atoms with Crippen LogP contribution in [0.1, 0.15) is 9.67 Å². The molecule has 0 aliphatic heterocycles. The summed E-state index contributed by atoms with van der Waals surface area (Å²) in [7, 11) is 0. The Morgan fingerprint density at radius 3 is 2.63 bits per heavy atom. The maximum Gasteiger partial charge on any atom is 0.471 e. The molecule has 0 spiro atoms. The molecule has 2 N–H and O–H groups in total. The SMILES string of the molecule is O=C(O)c1sc2cccnc2c1NC(=O)C(F)(F)F. The molecule has 100 valence electrons. The van der Waals surface area contributed by atoms with Crippen molar-refractivity contribution in [1.29, 1.82) is 0 Å². The molecule has 0 aliphatic rings. The lowest BCUT2D eigenvalue weighted by Crippen LogP contribution is -2.30. The molecular formula is C10H5F3N2O3S. The maximum atomic E-state index is 12.2. The molecule has 9 heteroatoms. The molecule has 0 unspecified atom stereocenters. The van der Waals surface area contributed by atoms with Crippen molar-refractivity contribution in [2.45, 2.75) is 6.18 Å². The number of halogens is 3. The van der Waals surface area contributed by atoms with E-state index in [4.69, 9.17) is 5.11 Å². The summed E-state index contributed by atoms with van der Waals surface area (Å²) < 4.78 is 37.0. The van der Waals surface area contributed by atoms with E-state index in [2.05, 4.69) is 4.98 Å². The predicted octanol–water partition coefficient (Wildman–Crippen LogP) is 2.50. The Bertz CT molecular complexity index is 666. The molecule has 1 amide bonds. The van der Waals surface area contributed by atoms with E-state index in [1.807, 2.05) is 0 Å². The molecule has 2 aromatic rings. The second kappa shape index (κ2) is 4.50. The van der Waals surface area contributed by atoms with Gasteiger partial charge >= 0.3 is 18.1 Å². The summed E-state index contributed by atoms with van der Waals surface area (Å²) in [6, 6.07) is 3.02. The number of pyridine rings is 1. The number of nitrogens with zero attached hydrogens (tertiary/aromatic N) is 1. The van der Waals surface area contributed by atoms with Crippen LogP contribution in [0.15, 0.2) is 18.3 Å². The number of fused-ring (bicyclic) bond motifs is 1. The van der Waals surface area contributed by atoms with Crippen LogP contribution in [0, 0.1) is 0 Å². The molecule has 0 aromatic carbocycles. The van der Waals surface area contributed by atoms with Gasteiger partial charge in [0.05, 0.1) is 10.4 Å². The average Bonchev–Trinajstić information content (AvgIpc) is 2.67. The molecule has 0 fully saturated rings. The van der Waals surface area contributed by atoms with E-state index >= 15 is 0 Å². The van der Waals surface area contributed by atoms with Gasteiger partial charge in [-0.3, -0.25) is 9.78 Å². The third-order valence-corrected chi connectivity index (χ3v) is 3.27. The number of alkyl halides is 3. The summed E-state index contributed by atoms with van der Waals surface area (Å²) in [4.78, 5) is 25.3. The molecule has 0 atom stereocenters. The van der Waals surface area contributed by atoms with Crippen LogP contribution in [0.3, 0.4) is 0 Å². The van der Waals surface area contributed by atoms with E-state index in [0.717, 1.165) is 11.3 Å². The van der Waals surface area contributed by atoms with Crippen LogP contribution in [0.4, 0.5) is 18.9 Å².